The average molecular weight is 354 g/mol. The summed E-state index contributed by atoms with van der Waals surface area (Å²) in [7, 11) is 0. The number of benzene rings is 2. The molecule has 0 atom stereocenters. The van der Waals surface area contributed by atoms with Crippen molar-refractivity contribution in [2.75, 3.05) is 23.4 Å². The van der Waals surface area contributed by atoms with Gasteiger partial charge in [-0.1, -0.05) is 24.3 Å². The molecule has 0 saturated carbocycles. The molecule has 1 N–H and O–H groups in total. The number of para-hydroxylation sites is 4. The van der Waals surface area contributed by atoms with Gasteiger partial charge in [-0.15, -0.1) is 0 Å². The van der Waals surface area contributed by atoms with E-state index >= 15 is 0 Å². The molecule has 0 unspecified atom stereocenters. The molecule has 0 saturated heterocycles. The van der Waals surface area contributed by atoms with E-state index in [0.717, 1.165) is 0 Å². The number of rotatable bonds is 5. The Bertz CT molecular complexity index is 832. The Kier molecular flexibility index (Phi) is 4.84. The van der Waals surface area contributed by atoms with Crippen molar-refractivity contribution < 1.29 is 19.1 Å². The lowest BCUT2D eigenvalue weighted by molar-refractivity contribution is -0.127. The van der Waals surface area contributed by atoms with E-state index in [0.29, 0.717) is 29.5 Å². The molecule has 2 amide bonds. The molecule has 1 aliphatic rings. The van der Waals surface area contributed by atoms with Crippen LogP contribution in [0.25, 0.3) is 0 Å². The maximum atomic E-state index is 12.9. The van der Waals surface area contributed by atoms with Crippen LogP contribution in [0, 0.1) is 0 Å². The van der Waals surface area contributed by atoms with Gasteiger partial charge >= 0.3 is 0 Å². The topological polar surface area (TPSA) is 67.9 Å². The predicted octanol–water partition coefficient (Wildman–Crippen LogP) is 3.23. The zero-order valence-corrected chi connectivity index (χ0v) is 15.1. The van der Waals surface area contributed by atoms with Gasteiger partial charge in [-0.2, -0.15) is 0 Å². The van der Waals surface area contributed by atoms with Gasteiger partial charge in [0.1, 0.15) is 5.54 Å². The smallest absolute Gasteiger partial charge is 0.265 e. The fourth-order valence-electron chi connectivity index (χ4n) is 2.95. The fraction of sp³-hybridized carbons (Fsp3) is 0.300. The molecule has 1 aliphatic heterocycles. The number of fused-ring (bicyclic) bond motifs is 1. The van der Waals surface area contributed by atoms with E-state index in [4.69, 9.17) is 9.47 Å². The number of nitrogens with zero attached hydrogens (tertiary/aromatic N) is 1. The second-order valence-electron chi connectivity index (χ2n) is 6.43. The van der Waals surface area contributed by atoms with E-state index in [2.05, 4.69) is 5.32 Å². The molecule has 2 aromatic rings. The van der Waals surface area contributed by atoms with Crippen LogP contribution in [0.3, 0.4) is 0 Å². The number of anilines is 2. The molecule has 3 rings (SSSR count). The van der Waals surface area contributed by atoms with Gasteiger partial charge in [0.25, 0.3) is 5.91 Å². The average Bonchev–Trinajstić information content (AvgIpc) is 2.62. The highest BCUT2D eigenvalue weighted by molar-refractivity contribution is 6.14. The summed E-state index contributed by atoms with van der Waals surface area (Å²) in [5.41, 5.74) is 0.248. The standard InChI is InChI=1S/C20H22N2O4/c1-4-25-16-11-7-8-12-17(16)26-13-18(23)22-15-10-6-5-9-14(15)21-19(24)20(22,2)3/h5-12H,4,13H2,1-3H3,(H,21,24). The minimum absolute atomic E-state index is 0.199. The van der Waals surface area contributed by atoms with Gasteiger partial charge < -0.3 is 14.8 Å². The van der Waals surface area contributed by atoms with Gasteiger partial charge in [0.15, 0.2) is 18.1 Å². The van der Waals surface area contributed by atoms with Crippen LogP contribution in [-0.2, 0) is 9.59 Å². The second kappa shape index (κ2) is 7.07. The molecular weight excluding hydrogens is 332 g/mol. The third-order valence-corrected chi connectivity index (χ3v) is 4.26. The first-order valence-electron chi connectivity index (χ1n) is 8.53. The lowest BCUT2D eigenvalue weighted by Crippen LogP contribution is -2.59. The first-order chi connectivity index (χ1) is 12.4. The van der Waals surface area contributed by atoms with Crippen molar-refractivity contribution in [2.45, 2.75) is 26.3 Å². The summed E-state index contributed by atoms with van der Waals surface area (Å²) in [5, 5.41) is 2.84. The molecule has 0 fully saturated rings. The summed E-state index contributed by atoms with van der Waals surface area (Å²) in [6.07, 6.45) is 0. The molecule has 2 aromatic carbocycles. The molecule has 0 aromatic heterocycles. The largest absolute Gasteiger partial charge is 0.490 e. The van der Waals surface area contributed by atoms with Crippen molar-refractivity contribution in [2.24, 2.45) is 0 Å². The van der Waals surface area contributed by atoms with Crippen LogP contribution in [0.15, 0.2) is 48.5 Å². The van der Waals surface area contributed by atoms with Crippen molar-refractivity contribution in [3.63, 3.8) is 0 Å². The molecule has 26 heavy (non-hydrogen) atoms. The Morgan fingerprint density at radius 3 is 2.35 bits per heavy atom. The monoisotopic (exact) mass is 354 g/mol. The maximum absolute atomic E-state index is 12.9. The van der Waals surface area contributed by atoms with Gasteiger partial charge in [0.05, 0.1) is 18.0 Å². The zero-order chi connectivity index (χ0) is 18.7. The molecule has 0 aliphatic carbocycles. The number of carbonyl (C=O) groups is 2. The first-order valence-corrected chi connectivity index (χ1v) is 8.53. The van der Waals surface area contributed by atoms with Gasteiger partial charge in [0.2, 0.25) is 5.91 Å². The van der Waals surface area contributed by atoms with Crippen molar-refractivity contribution in [1.82, 2.24) is 0 Å². The quantitative estimate of drug-likeness (QED) is 0.895. The lowest BCUT2D eigenvalue weighted by Gasteiger charge is -2.41. The van der Waals surface area contributed by atoms with Crippen LogP contribution in [0.1, 0.15) is 20.8 Å². The van der Waals surface area contributed by atoms with Gasteiger partial charge in [-0.05, 0) is 45.0 Å². The van der Waals surface area contributed by atoms with Crippen LogP contribution < -0.4 is 19.7 Å². The van der Waals surface area contributed by atoms with Crippen molar-refractivity contribution >= 4 is 23.2 Å². The summed E-state index contributed by atoms with van der Waals surface area (Å²) in [4.78, 5) is 26.9. The molecule has 0 radical (unpaired) electrons. The number of nitrogens with one attached hydrogen (secondary N) is 1. The lowest BCUT2D eigenvalue weighted by atomic mass is 9.96. The summed E-state index contributed by atoms with van der Waals surface area (Å²) in [6, 6.07) is 14.4. The van der Waals surface area contributed by atoms with Crippen LogP contribution in [0.5, 0.6) is 11.5 Å². The predicted molar refractivity (Wildman–Crippen MR) is 99.7 cm³/mol. The molecule has 6 heteroatoms. The highest BCUT2D eigenvalue weighted by Crippen LogP contribution is 2.37. The van der Waals surface area contributed by atoms with E-state index in [1.807, 2.05) is 37.3 Å². The minimum atomic E-state index is -1.02. The normalized spacial score (nSPS) is 15.0. The molecular formula is C20H22N2O4. The Balaban J connectivity index is 1.84. The molecule has 1 heterocycles. The highest BCUT2D eigenvalue weighted by atomic mass is 16.5. The molecule has 136 valence electrons. The summed E-state index contributed by atoms with van der Waals surface area (Å²) in [6.45, 7) is 5.61. The van der Waals surface area contributed by atoms with Crippen molar-refractivity contribution in [3.8, 4) is 11.5 Å². The van der Waals surface area contributed by atoms with E-state index in [1.165, 1.54) is 4.90 Å². The Hall–Kier alpha value is -3.02. The van der Waals surface area contributed by atoms with Crippen LogP contribution in [-0.4, -0.2) is 30.6 Å². The number of carbonyl (C=O) groups excluding carboxylic acids is 2. The van der Waals surface area contributed by atoms with E-state index < -0.39 is 5.54 Å². The van der Waals surface area contributed by atoms with Crippen LogP contribution in [0.4, 0.5) is 11.4 Å². The third kappa shape index (κ3) is 3.22. The zero-order valence-electron chi connectivity index (χ0n) is 15.1. The van der Waals surface area contributed by atoms with Crippen molar-refractivity contribution in [3.05, 3.63) is 48.5 Å². The van der Waals surface area contributed by atoms with E-state index in [1.54, 1.807) is 32.0 Å². The van der Waals surface area contributed by atoms with Crippen LogP contribution >= 0.6 is 0 Å². The highest BCUT2D eigenvalue weighted by Gasteiger charge is 2.43. The van der Waals surface area contributed by atoms with Crippen molar-refractivity contribution in [1.29, 1.82) is 0 Å². The molecule has 0 spiro atoms. The Morgan fingerprint density at radius 1 is 1.04 bits per heavy atom. The van der Waals surface area contributed by atoms with Gasteiger partial charge in [-0.25, -0.2) is 0 Å². The fourth-order valence-corrected chi connectivity index (χ4v) is 2.95. The molecule has 6 nitrogen and oxygen atoms in total. The minimum Gasteiger partial charge on any atom is -0.490 e. The summed E-state index contributed by atoms with van der Waals surface area (Å²) < 4.78 is 11.2. The number of hydrogen-bond acceptors (Lipinski definition) is 4. The summed E-state index contributed by atoms with van der Waals surface area (Å²) in [5.74, 6) is 0.539. The number of amides is 2. The Morgan fingerprint density at radius 2 is 1.65 bits per heavy atom. The van der Waals surface area contributed by atoms with Gasteiger partial charge in [0, 0.05) is 0 Å². The first kappa shape index (κ1) is 17.8. The maximum Gasteiger partial charge on any atom is 0.265 e. The second-order valence-corrected chi connectivity index (χ2v) is 6.43. The van der Waals surface area contributed by atoms with E-state index in [9.17, 15) is 9.59 Å². The van der Waals surface area contributed by atoms with E-state index in [-0.39, 0.29) is 18.4 Å². The molecule has 0 bridgehead atoms. The Labute approximate surface area is 152 Å². The number of hydrogen-bond donors (Lipinski definition) is 1. The number of ether oxygens (including phenoxy) is 2. The third-order valence-electron chi connectivity index (χ3n) is 4.26. The summed E-state index contributed by atoms with van der Waals surface area (Å²) >= 11 is 0. The SMILES string of the molecule is CCOc1ccccc1OCC(=O)N1c2ccccc2NC(=O)C1(C)C. The van der Waals surface area contributed by atoms with Crippen LogP contribution in [0.2, 0.25) is 0 Å². The van der Waals surface area contributed by atoms with Gasteiger partial charge in [-0.3, -0.25) is 14.5 Å².